The molecular formula is C23H14BrFO4. The number of hydrogen-bond donors (Lipinski definition) is 0. The van der Waals surface area contributed by atoms with Crippen molar-refractivity contribution in [1.82, 2.24) is 0 Å². The minimum Gasteiger partial charge on any atom is -0.452 e. The highest BCUT2D eigenvalue weighted by molar-refractivity contribution is 9.10. The average Bonchev–Trinajstić information content (AvgIpc) is 2.97. The van der Waals surface area contributed by atoms with E-state index < -0.39 is 11.8 Å². The van der Waals surface area contributed by atoms with E-state index in [1.807, 2.05) is 0 Å². The number of halogens is 2. The Balaban J connectivity index is 1.63. The van der Waals surface area contributed by atoms with Crippen molar-refractivity contribution >= 4 is 33.8 Å². The molecule has 0 radical (unpaired) electrons. The first kappa shape index (κ1) is 19.1. The number of benzene rings is 3. The third-order valence-corrected chi connectivity index (χ3v) is 5.09. The van der Waals surface area contributed by atoms with E-state index in [2.05, 4.69) is 15.9 Å². The van der Waals surface area contributed by atoms with E-state index in [9.17, 15) is 14.0 Å². The molecule has 3 aromatic carbocycles. The van der Waals surface area contributed by atoms with Crippen molar-refractivity contribution in [1.29, 1.82) is 0 Å². The van der Waals surface area contributed by atoms with Crippen LogP contribution in [0.1, 0.15) is 31.8 Å². The quantitative estimate of drug-likeness (QED) is 0.289. The molecule has 0 atom stereocenters. The zero-order valence-electron chi connectivity index (χ0n) is 15.2. The zero-order chi connectivity index (χ0) is 20.5. The summed E-state index contributed by atoms with van der Waals surface area (Å²) in [4.78, 5) is 25.1. The number of carbonyl (C=O) groups excluding carboxylic acids is 2. The molecule has 0 fully saturated rings. The maximum Gasteiger partial charge on any atom is 0.344 e. The molecular weight excluding hydrogens is 439 g/mol. The SMILES string of the molecule is Cc1cc(OC(=O)c2ccccc2Br)cc2c1C(=O)/C(=C/c1cccc(F)c1)O2. The predicted molar refractivity (Wildman–Crippen MR) is 110 cm³/mol. The summed E-state index contributed by atoms with van der Waals surface area (Å²) in [5.41, 5.74) is 1.91. The van der Waals surface area contributed by atoms with Gasteiger partial charge in [0.05, 0.1) is 11.1 Å². The first-order valence-corrected chi connectivity index (χ1v) is 9.53. The van der Waals surface area contributed by atoms with Gasteiger partial charge in [0.25, 0.3) is 0 Å². The molecule has 4 rings (SSSR count). The molecule has 0 saturated heterocycles. The van der Waals surface area contributed by atoms with Crippen LogP contribution in [0.5, 0.6) is 11.5 Å². The molecule has 3 aromatic rings. The number of ketones is 1. The molecule has 4 nitrogen and oxygen atoms in total. The fourth-order valence-electron chi connectivity index (χ4n) is 3.07. The molecule has 6 heteroatoms. The second-order valence-electron chi connectivity index (χ2n) is 6.48. The van der Waals surface area contributed by atoms with Crippen molar-refractivity contribution in [2.24, 2.45) is 0 Å². The van der Waals surface area contributed by atoms with Crippen LogP contribution in [0.25, 0.3) is 6.08 Å². The van der Waals surface area contributed by atoms with Crippen LogP contribution in [0.15, 0.2) is 70.9 Å². The van der Waals surface area contributed by atoms with Crippen molar-refractivity contribution in [3.05, 3.63) is 99.0 Å². The second-order valence-corrected chi connectivity index (χ2v) is 7.33. The summed E-state index contributed by atoms with van der Waals surface area (Å²) in [6.45, 7) is 1.74. The second kappa shape index (κ2) is 7.64. The van der Waals surface area contributed by atoms with Crippen molar-refractivity contribution in [2.75, 3.05) is 0 Å². The molecule has 1 heterocycles. The van der Waals surface area contributed by atoms with Crippen LogP contribution in [0, 0.1) is 12.7 Å². The monoisotopic (exact) mass is 452 g/mol. The van der Waals surface area contributed by atoms with Crippen LogP contribution in [0.3, 0.4) is 0 Å². The number of ether oxygens (including phenoxy) is 2. The molecule has 29 heavy (non-hydrogen) atoms. The molecule has 0 bridgehead atoms. The lowest BCUT2D eigenvalue weighted by atomic mass is 10.0. The van der Waals surface area contributed by atoms with Crippen LogP contribution < -0.4 is 9.47 Å². The Hall–Kier alpha value is -3.25. The van der Waals surface area contributed by atoms with Gasteiger partial charge in [-0.15, -0.1) is 0 Å². The van der Waals surface area contributed by atoms with Crippen LogP contribution in [0.4, 0.5) is 4.39 Å². The van der Waals surface area contributed by atoms with Crippen LogP contribution >= 0.6 is 15.9 Å². The summed E-state index contributed by atoms with van der Waals surface area (Å²) in [6.07, 6.45) is 1.48. The molecule has 0 unspecified atom stereocenters. The van der Waals surface area contributed by atoms with Gasteiger partial charge < -0.3 is 9.47 Å². The molecule has 1 aliphatic heterocycles. The largest absolute Gasteiger partial charge is 0.452 e. The Morgan fingerprint density at radius 3 is 2.66 bits per heavy atom. The van der Waals surface area contributed by atoms with Crippen molar-refractivity contribution in [3.63, 3.8) is 0 Å². The highest BCUT2D eigenvalue weighted by Gasteiger charge is 2.30. The van der Waals surface area contributed by atoms with E-state index >= 15 is 0 Å². The lowest BCUT2D eigenvalue weighted by molar-refractivity contribution is 0.0733. The van der Waals surface area contributed by atoms with E-state index in [0.717, 1.165) is 0 Å². The van der Waals surface area contributed by atoms with E-state index in [1.165, 1.54) is 24.3 Å². The Bertz CT molecular complexity index is 1180. The minimum absolute atomic E-state index is 0.0861. The summed E-state index contributed by atoms with van der Waals surface area (Å²) < 4.78 is 25.2. The molecule has 0 saturated carbocycles. The van der Waals surface area contributed by atoms with Crippen LogP contribution in [0.2, 0.25) is 0 Å². The van der Waals surface area contributed by atoms with E-state index in [1.54, 1.807) is 49.4 Å². The lowest BCUT2D eigenvalue weighted by Gasteiger charge is -2.08. The Morgan fingerprint density at radius 2 is 1.90 bits per heavy atom. The Morgan fingerprint density at radius 1 is 1.10 bits per heavy atom. The minimum atomic E-state index is -0.531. The third kappa shape index (κ3) is 3.84. The normalized spacial score (nSPS) is 13.9. The van der Waals surface area contributed by atoms with Gasteiger partial charge in [-0.2, -0.15) is 0 Å². The molecule has 0 amide bonds. The fourth-order valence-corrected chi connectivity index (χ4v) is 3.52. The standard InChI is InChI=1S/C23H14BrFO4/c1-13-9-16(28-23(27)17-7-2-3-8-18(17)24)12-19-21(13)22(26)20(29-19)11-14-5-4-6-15(25)10-14/h2-12H,1H3/b20-11-. The summed E-state index contributed by atoms with van der Waals surface area (Å²) in [6, 6.07) is 15.9. The van der Waals surface area contributed by atoms with Gasteiger partial charge in [-0.25, -0.2) is 9.18 Å². The summed E-state index contributed by atoms with van der Waals surface area (Å²) in [5.74, 6) is -0.584. The maximum absolute atomic E-state index is 13.4. The van der Waals surface area contributed by atoms with Crippen molar-refractivity contribution in [2.45, 2.75) is 6.92 Å². The van der Waals surface area contributed by atoms with E-state index in [-0.39, 0.29) is 17.3 Å². The fraction of sp³-hybridized carbons (Fsp3) is 0.0435. The zero-order valence-corrected chi connectivity index (χ0v) is 16.8. The number of fused-ring (bicyclic) bond motifs is 1. The molecule has 0 aliphatic carbocycles. The molecule has 144 valence electrons. The highest BCUT2D eigenvalue weighted by atomic mass is 79.9. The number of esters is 1. The van der Waals surface area contributed by atoms with Crippen LogP contribution in [-0.4, -0.2) is 11.8 Å². The van der Waals surface area contributed by atoms with Gasteiger partial charge in [-0.3, -0.25) is 4.79 Å². The van der Waals surface area contributed by atoms with Gasteiger partial charge in [0.1, 0.15) is 17.3 Å². The van der Waals surface area contributed by atoms with E-state index in [4.69, 9.17) is 9.47 Å². The number of carbonyl (C=O) groups is 2. The molecule has 0 N–H and O–H groups in total. The van der Waals surface area contributed by atoms with Crippen LogP contribution in [-0.2, 0) is 0 Å². The van der Waals surface area contributed by atoms with Gasteiger partial charge in [0.15, 0.2) is 5.76 Å². The number of aryl methyl sites for hydroxylation is 1. The number of hydrogen-bond acceptors (Lipinski definition) is 4. The first-order valence-electron chi connectivity index (χ1n) is 8.73. The summed E-state index contributed by atoms with van der Waals surface area (Å²) in [7, 11) is 0. The summed E-state index contributed by atoms with van der Waals surface area (Å²) in [5, 5.41) is 0. The number of rotatable bonds is 3. The predicted octanol–water partition coefficient (Wildman–Crippen LogP) is 5.73. The smallest absolute Gasteiger partial charge is 0.344 e. The number of Topliss-reactive ketones (excluding diaryl/α,β-unsaturated/α-hetero) is 1. The van der Waals surface area contributed by atoms with E-state index in [0.29, 0.717) is 32.5 Å². The highest BCUT2D eigenvalue weighted by Crippen LogP contribution is 2.38. The maximum atomic E-state index is 13.4. The molecule has 0 spiro atoms. The van der Waals surface area contributed by atoms with Gasteiger partial charge in [0, 0.05) is 10.5 Å². The third-order valence-electron chi connectivity index (χ3n) is 4.39. The Labute approximate surface area is 174 Å². The molecule has 0 aromatic heterocycles. The van der Waals surface area contributed by atoms with Gasteiger partial charge in [0.2, 0.25) is 5.78 Å². The van der Waals surface area contributed by atoms with Crippen molar-refractivity contribution in [3.8, 4) is 11.5 Å². The number of allylic oxidation sites excluding steroid dienone is 1. The Kier molecular flexibility index (Phi) is 5.03. The lowest BCUT2D eigenvalue weighted by Crippen LogP contribution is -2.09. The topological polar surface area (TPSA) is 52.6 Å². The van der Waals surface area contributed by atoms with Gasteiger partial charge >= 0.3 is 5.97 Å². The van der Waals surface area contributed by atoms with Crippen molar-refractivity contribution < 1.29 is 23.5 Å². The first-order chi connectivity index (χ1) is 13.9. The molecule has 1 aliphatic rings. The average molecular weight is 453 g/mol. The van der Waals surface area contributed by atoms with Gasteiger partial charge in [-0.05, 0) is 70.4 Å². The summed E-state index contributed by atoms with van der Waals surface area (Å²) >= 11 is 3.32. The van der Waals surface area contributed by atoms with Gasteiger partial charge in [-0.1, -0.05) is 24.3 Å².